The molecule has 1 aromatic carbocycles. The van der Waals surface area contributed by atoms with Gasteiger partial charge in [-0.15, -0.1) is 0 Å². The average molecular weight is 629 g/mol. The van der Waals surface area contributed by atoms with Crippen LogP contribution in [-0.2, 0) is 6.42 Å². The van der Waals surface area contributed by atoms with E-state index in [-0.39, 0.29) is 17.9 Å². The zero-order valence-corrected chi connectivity index (χ0v) is 24.2. The molecule has 0 radical (unpaired) electrons. The van der Waals surface area contributed by atoms with Gasteiger partial charge in [-0.25, -0.2) is 9.67 Å². The Balaban J connectivity index is 1.48. The topological polar surface area (TPSA) is 88.9 Å². The molecule has 1 atom stereocenters. The van der Waals surface area contributed by atoms with Crippen LogP contribution >= 0.6 is 31.9 Å². The zero-order chi connectivity index (χ0) is 26.1. The van der Waals surface area contributed by atoms with Gasteiger partial charge in [-0.3, -0.25) is 9.59 Å². The van der Waals surface area contributed by atoms with Crippen molar-refractivity contribution in [2.24, 2.45) is 5.92 Å². The van der Waals surface area contributed by atoms with E-state index < -0.39 is 0 Å². The van der Waals surface area contributed by atoms with Crippen LogP contribution in [0.4, 0.5) is 5.69 Å². The number of pyridine rings is 1. The lowest BCUT2D eigenvalue weighted by molar-refractivity contribution is 0.0936. The van der Waals surface area contributed by atoms with Crippen molar-refractivity contribution in [3.8, 4) is 5.82 Å². The highest BCUT2D eigenvalue weighted by atomic mass is 79.9. The molecule has 3 aromatic rings. The summed E-state index contributed by atoms with van der Waals surface area (Å²) < 4.78 is 2.81. The predicted octanol–water partition coefficient (Wildman–Crippen LogP) is 6.79. The minimum absolute atomic E-state index is 0.0936. The van der Waals surface area contributed by atoms with Gasteiger partial charge in [-0.2, -0.15) is 5.10 Å². The van der Waals surface area contributed by atoms with Crippen molar-refractivity contribution >= 4 is 49.4 Å². The van der Waals surface area contributed by atoms with E-state index >= 15 is 0 Å². The molecule has 0 aliphatic heterocycles. The Labute approximate surface area is 234 Å². The summed E-state index contributed by atoms with van der Waals surface area (Å²) in [7, 11) is 0. The summed E-state index contributed by atoms with van der Waals surface area (Å²) >= 11 is 7.06. The summed E-state index contributed by atoms with van der Waals surface area (Å²) in [6.07, 6.45) is 9.21. The molecule has 2 N–H and O–H groups in total. The van der Waals surface area contributed by atoms with Gasteiger partial charge in [0, 0.05) is 22.8 Å². The molecule has 194 valence electrons. The molecule has 0 spiro atoms. The molecule has 2 saturated carbocycles. The fraction of sp³-hybridized carbons (Fsp3) is 0.429. The lowest BCUT2D eigenvalue weighted by atomic mass is 9.80. The molecule has 1 unspecified atom stereocenters. The number of rotatable bonds is 9. The number of amides is 2. The highest BCUT2D eigenvalue weighted by molar-refractivity contribution is 9.10. The molecule has 0 bridgehead atoms. The number of hydrogen-bond acceptors (Lipinski definition) is 4. The zero-order valence-electron chi connectivity index (χ0n) is 21.1. The summed E-state index contributed by atoms with van der Waals surface area (Å²) in [5.41, 5.74) is 3.39. The molecule has 2 aliphatic rings. The van der Waals surface area contributed by atoms with Gasteiger partial charge in [-0.1, -0.05) is 25.8 Å². The number of halogens is 2. The van der Waals surface area contributed by atoms with E-state index in [4.69, 9.17) is 0 Å². The second-order valence-corrected chi connectivity index (χ2v) is 11.8. The molecule has 7 nitrogen and oxygen atoms in total. The van der Waals surface area contributed by atoms with Crippen LogP contribution in [-0.4, -0.2) is 32.6 Å². The standard InChI is InChI=1S/C28H31Br2N5O2/c1-3-6-17-13-21(27(36)32-16(2)18-10-11-18)25(22(29)14-17)33-28(37)23-15-24(30)34-35(23)26-20(9-5-12-31-26)19-7-4-8-19/h5,9,12-16,18-19H,3-4,6-8,10-11H2,1-2H3,(H,32,36)(H,33,37). The fourth-order valence-corrected chi connectivity index (χ4v) is 5.86. The average Bonchev–Trinajstić information content (AvgIpc) is 3.61. The van der Waals surface area contributed by atoms with Gasteiger partial charge in [-0.05, 0) is 112 Å². The third-order valence-electron chi connectivity index (χ3n) is 7.33. The first-order valence-corrected chi connectivity index (χ1v) is 14.6. The largest absolute Gasteiger partial charge is 0.349 e. The van der Waals surface area contributed by atoms with Crippen LogP contribution in [0.15, 0.2) is 45.6 Å². The highest BCUT2D eigenvalue weighted by Gasteiger charge is 2.31. The van der Waals surface area contributed by atoms with E-state index in [9.17, 15) is 9.59 Å². The monoisotopic (exact) mass is 627 g/mol. The van der Waals surface area contributed by atoms with Crippen molar-refractivity contribution in [3.63, 3.8) is 0 Å². The van der Waals surface area contributed by atoms with E-state index in [0.717, 1.165) is 49.7 Å². The highest BCUT2D eigenvalue weighted by Crippen LogP contribution is 2.39. The van der Waals surface area contributed by atoms with Crippen molar-refractivity contribution < 1.29 is 9.59 Å². The van der Waals surface area contributed by atoms with Gasteiger partial charge < -0.3 is 10.6 Å². The summed E-state index contributed by atoms with van der Waals surface area (Å²) in [5.74, 6) is 1.07. The quantitative estimate of drug-likeness (QED) is 0.273. The van der Waals surface area contributed by atoms with Gasteiger partial charge in [0.15, 0.2) is 5.82 Å². The van der Waals surface area contributed by atoms with Crippen LogP contribution < -0.4 is 10.6 Å². The van der Waals surface area contributed by atoms with Gasteiger partial charge in [0.25, 0.3) is 11.8 Å². The van der Waals surface area contributed by atoms with E-state index in [2.05, 4.69) is 65.6 Å². The Hall–Kier alpha value is -2.52. The number of aromatic nitrogens is 3. The molecule has 2 heterocycles. The molecule has 2 amide bonds. The smallest absolute Gasteiger partial charge is 0.274 e. The number of aryl methyl sites for hydroxylation is 1. The molecule has 2 aliphatic carbocycles. The normalized spacial score (nSPS) is 16.2. The summed E-state index contributed by atoms with van der Waals surface area (Å²) in [6.45, 7) is 4.15. The Morgan fingerprint density at radius 2 is 1.92 bits per heavy atom. The Kier molecular flexibility index (Phi) is 7.81. The number of carbonyl (C=O) groups is 2. The molecule has 2 fully saturated rings. The molecular weight excluding hydrogens is 598 g/mol. The second-order valence-electron chi connectivity index (χ2n) is 10.1. The minimum Gasteiger partial charge on any atom is -0.349 e. The van der Waals surface area contributed by atoms with Crippen molar-refractivity contribution in [3.05, 3.63) is 68.0 Å². The Morgan fingerprint density at radius 3 is 2.59 bits per heavy atom. The van der Waals surface area contributed by atoms with Crippen LogP contribution in [0.5, 0.6) is 0 Å². The lowest BCUT2D eigenvalue weighted by Gasteiger charge is -2.27. The van der Waals surface area contributed by atoms with Crippen LogP contribution in [0.2, 0.25) is 0 Å². The number of anilines is 1. The molecule has 37 heavy (non-hydrogen) atoms. The van der Waals surface area contributed by atoms with Crippen LogP contribution in [0.3, 0.4) is 0 Å². The number of hydrogen-bond donors (Lipinski definition) is 2. The number of carbonyl (C=O) groups excluding carboxylic acids is 2. The van der Waals surface area contributed by atoms with Gasteiger partial charge in [0.2, 0.25) is 0 Å². The third-order valence-corrected chi connectivity index (χ3v) is 8.35. The maximum atomic E-state index is 13.7. The predicted molar refractivity (Wildman–Crippen MR) is 151 cm³/mol. The van der Waals surface area contributed by atoms with Crippen LogP contribution in [0.25, 0.3) is 5.82 Å². The number of nitrogens with zero attached hydrogens (tertiary/aromatic N) is 3. The lowest BCUT2D eigenvalue weighted by Crippen LogP contribution is -2.34. The molecular formula is C28H31Br2N5O2. The van der Waals surface area contributed by atoms with Crippen LogP contribution in [0.1, 0.15) is 90.3 Å². The van der Waals surface area contributed by atoms with E-state index in [0.29, 0.717) is 43.7 Å². The minimum atomic E-state index is -0.364. The summed E-state index contributed by atoms with van der Waals surface area (Å²) in [6, 6.07) is 9.63. The molecule has 5 rings (SSSR count). The van der Waals surface area contributed by atoms with Gasteiger partial charge in [0.05, 0.1) is 11.3 Å². The van der Waals surface area contributed by atoms with Crippen molar-refractivity contribution in [1.29, 1.82) is 0 Å². The first-order chi connectivity index (χ1) is 17.9. The van der Waals surface area contributed by atoms with Crippen molar-refractivity contribution in [2.75, 3.05) is 5.32 Å². The summed E-state index contributed by atoms with van der Waals surface area (Å²) in [4.78, 5) is 31.7. The van der Waals surface area contributed by atoms with Crippen LogP contribution in [0, 0.1) is 5.92 Å². The van der Waals surface area contributed by atoms with E-state index in [1.54, 1.807) is 16.9 Å². The molecule has 2 aromatic heterocycles. The first kappa shape index (κ1) is 26.1. The van der Waals surface area contributed by atoms with E-state index in [1.165, 1.54) is 6.42 Å². The fourth-order valence-electron chi connectivity index (χ4n) is 4.88. The van der Waals surface area contributed by atoms with E-state index in [1.807, 2.05) is 25.1 Å². The van der Waals surface area contributed by atoms with Gasteiger partial charge in [0.1, 0.15) is 10.3 Å². The maximum absolute atomic E-state index is 13.7. The second kappa shape index (κ2) is 11.1. The SMILES string of the molecule is CCCc1cc(Br)c(NC(=O)c2cc(Br)nn2-c2ncccc2C2CCC2)c(C(=O)NC(C)C2CC2)c1. The van der Waals surface area contributed by atoms with Crippen molar-refractivity contribution in [2.45, 2.75) is 70.8 Å². The first-order valence-electron chi connectivity index (χ1n) is 13.0. The Morgan fingerprint density at radius 1 is 1.14 bits per heavy atom. The molecule has 9 heteroatoms. The molecule has 0 saturated heterocycles. The van der Waals surface area contributed by atoms with Gasteiger partial charge >= 0.3 is 0 Å². The maximum Gasteiger partial charge on any atom is 0.274 e. The number of benzene rings is 1. The van der Waals surface area contributed by atoms with Crippen molar-refractivity contribution in [1.82, 2.24) is 20.1 Å². The Bertz CT molecular complexity index is 1330. The number of nitrogens with one attached hydrogen (secondary N) is 2. The third kappa shape index (κ3) is 5.67. The summed E-state index contributed by atoms with van der Waals surface area (Å²) in [5, 5.41) is 10.7.